The largest absolute Gasteiger partial charge is 0.489 e. The van der Waals surface area contributed by atoms with Crippen molar-refractivity contribution in [3.63, 3.8) is 0 Å². The van der Waals surface area contributed by atoms with Crippen LogP contribution in [0.25, 0.3) is 0 Å². The highest BCUT2D eigenvalue weighted by Crippen LogP contribution is 2.31. The molecule has 3 aromatic rings. The number of aromatic nitrogens is 2. The average Bonchev–Trinajstić information content (AvgIpc) is 3.24. The van der Waals surface area contributed by atoms with Gasteiger partial charge in [-0.05, 0) is 43.7 Å². The van der Waals surface area contributed by atoms with Crippen LogP contribution in [0.15, 0.2) is 60.8 Å². The summed E-state index contributed by atoms with van der Waals surface area (Å²) in [5.41, 5.74) is 1.33. The van der Waals surface area contributed by atoms with E-state index in [1.807, 2.05) is 30.3 Å². The van der Waals surface area contributed by atoms with Crippen LogP contribution < -0.4 is 15.0 Å². The van der Waals surface area contributed by atoms with E-state index in [2.05, 4.69) is 22.3 Å². The number of carbonyl (C=O) groups excluding carboxylic acids is 2. The highest BCUT2D eigenvalue weighted by molar-refractivity contribution is 6.02. The minimum Gasteiger partial charge on any atom is -0.489 e. The molecule has 0 bridgehead atoms. The van der Waals surface area contributed by atoms with E-state index in [9.17, 15) is 14.7 Å². The maximum atomic E-state index is 13.1. The van der Waals surface area contributed by atoms with Crippen LogP contribution in [-0.4, -0.2) is 52.0 Å². The second-order valence-corrected chi connectivity index (χ2v) is 8.61. The summed E-state index contributed by atoms with van der Waals surface area (Å²) in [6, 6.07) is 15.7. The lowest BCUT2D eigenvalue weighted by molar-refractivity contribution is -0.120. The molecular weight excluding hydrogens is 432 g/mol. The van der Waals surface area contributed by atoms with Crippen molar-refractivity contribution in [1.29, 1.82) is 0 Å². The highest BCUT2D eigenvalue weighted by atomic mass is 16.5. The van der Waals surface area contributed by atoms with E-state index in [1.165, 1.54) is 4.90 Å². The van der Waals surface area contributed by atoms with Gasteiger partial charge < -0.3 is 20.1 Å². The minimum atomic E-state index is -1.13. The Labute approximate surface area is 198 Å². The minimum absolute atomic E-state index is 0.0126. The highest BCUT2D eigenvalue weighted by Gasteiger charge is 2.31. The summed E-state index contributed by atoms with van der Waals surface area (Å²) >= 11 is 0. The summed E-state index contributed by atoms with van der Waals surface area (Å²) < 4.78 is 7.50. The molecule has 2 aromatic carbocycles. The molecule has 34 heavy (non-hydrogen) atoms. The van der Waals surface area contributed by atoms with Gasteiger partial charge in [0.2, 0.25) is 0 Å². The lowest BCUT2D eigenvalue weighted by atomic mass is 10.1. The number of ether oxygens (including phenoxy) is 1. The first kappa shape index (κ1) is 23.1. The molecule has 8 nitrogen and oxygen atoms in total. The van der Waals surface area contributed by atoms with Crippen LogP contribution in [-0.2, 0) is 11.3 Å². The van der Waals surface area contributed by atoms with Gasteiger partial charge in [0.25, 0.3) is 11.8 Å². The summed E-state index contributed by atoms with van der Waals surface area (Å²) in [4.78, 5) is 27.3. The van der Waals surface area contributed by atoms with Gasteiger partial charge in [0.15, 0.2) is 0 Å². The number of carbonyl (C=O) groups is 2. The third-order valence-electron chi connectivity index (χ3n) is 5.23. The number of likely N-dealkylation sites (N-methyl/N-ethyl adjacent to an activating group) is 1. The number of fused-ring (bicyclic) bond motifs is 1. The van der Waals surface area contributed by atoms with Crippen LogP contribution in [0.1, 0.15) is 35.5 Å². The number of hydrogen-bond donors (Lipinski definition) is 2. The quantitative estimate of drug-likeness (QED) is 0.585. The van der Waals surface area contributed by atoms with Crippen molar-refractivity contribution in [3.8, 4) is 17.6 Å². The molecule has 2 N–H and O–H groups in total. The van der Waals surface area contributed by atoms with Gasteiger partial charge in [-0.3, -0.25) is 14.3 Å². The van der Waals surface area contributed by atoms with Gasteiger partial charge in [0.1, 0.15) is 29.7 Å². The number of benzene rings is 2. The van der Waals surface area contributed by atoms with E-state index < -0.39 is 17.6 Å². The number of anilines is 1. The average molecular weight is 459 g/mol. The van der Waals surface area contributed by atoms with Crippen LogP contribution in [0.5, 0.6) is 5.75 Å². The summed E-state index contributed by atoms with van der Waals surface area (Å²) in [5.74, 6) is 5.39. The zero-order valence-electron chi connectivity index (χ0n) is 19.3. The van der Waals surface area contributed by atoms with Crippen LogP contribution in [0.3, 0.4) is 0 Å². The van der Waals surface area contributed by atoms with E-state index in [0.717, 1.165) is 5.56 Å². The summed E-state index contributed by atoms with van der Waals surface area (Å²) in [7, 11) is 1.62. The van der Waals surface area contributed by atoms with Crippen molar-refractivity contribution in [3.05, 3.63) is 77.6 Å². The summed E-state index contributed by atoms with van der Waals surface area (Å²) in [6.07, 6.45) is 1.73. The molecule has 174 valence electrons. The molecule has 0 fully saturated rings. The van der Waals surface area contributed by atoms with Crippen molar-refractivity contribution in [2.75, 3.05) is 18.6 Å². The van der Waals surface area contributed by atoms with Gasteiger partial charge in [-0.1, -0.05) is 42.2 Å². The third kappa shape index (κ3) is 5.45. The number of nitrogens with zero attached hydrogens (tertiary/aromatic N) is 3. The molecule has 0 radical (unpaired) electrons. The zero-order chi connectivity index (χ0) is 24.3. The lowest BCUT2D eigenvalue weighted by Crippen LogP contribution is -2.49. The standard InChI is InChI=1S/C26H26N4O4/c1-26(2,33)13-11-18-9-10-23-22(15-18)29(3)25(32)21(17-34-23)27-24(31)20-12-14-30(28-20)16-19-7-5-4-6-8-19/h4-10,12,14-15,21,33H,16-17H2,1-3H3,(H,27,31)/t21-/m0/s1. The van der Waals surface area contributed by atoms with Crippen molar-refractivity contribution >= 4 is 17.5 Å². The van der Waals surface area contributed by atoms with Gasteiger partial charge in [0.05, 0.1) is 12.2 Å². The predicted molar refractivity (Wildman–Crippen MR) is 128 cm³/mol. The number of amides is 2. The molecule has 2 amide bonds. The molecule has 0 spiro atoms. The number of rotatable bonds is 4. The smallest absolute Gasteiger partial charge is 0.272 e. The first-order valence-electron chi connectivity index (χ1n) is 10.9. The van der Waals surface area contributed by atoms with Gasteiger partial charge >= 0.3 is 0 Å². The van der Waals surface area contributed by atoms with E-state index in [4.69, 9.17) is 4.74 Å². The Morgan fingerprint density at radius 2 is 2.00 bits per heavy atom. The fourth-order valence-corrected chi connectivity index (χ4v) is 3.48. The Kier molecular flexibility index (Phi) is 6.39. The molecule has 0 aliphatic carbocycles. The maximum absolute atomic E-state index is 13.1. The number of hydrogen-bond acceptors (Lipinski definition) is 5. The van der Waals surface area contributed by atoms with E-state index in [0.29, 0.717) is 23.5 Å². The molecule has 2 heterocycles. The monoisotopic (exact) mass is 458 g/mol. The van der Waals surface area contributed by atoms with Crippen molar-refractivity contribution < 1.29 is 19.4 Å². The van der Waals surface area contributed by atoms with Crippen molar-refractivity contribution in [2.45, 2.75) is 32.0 Å². The molecule has 4 rings (SSSR count). The topological polar surface area (TPSA) is 96.7 Å². The molecule has 0 saturated carbocycles. The Balaban J connectivity index is 1.46. The first-order valence-corrected chi connectivity index (χ1v) is 10.9. The predicted octanol–water partition coefficient (Wildman–Crippen LogP) is 2.21. The van der Waals surface area contributed by atoms with Crippen LogP contribution in [0, 0.1) is 11.8 Å². The number of nitrogens with one attached hydrogen (secondary N) is 1. The van der Waals surface area contributed by atoms with Gasteiger partial charge in [-0.15, -0.1) is 0 Å². The molecule has 0 saturated heterocycles. The SMILES string of the molecule is CN1C(=O)[C@@H](NC(=O)c2ccn(Cc3ccccc3)n2)COc2ccc(C#CC(C)(C)O)cc21. The Morgan fingerprint density at radius 3 is 2.74 bits per heavy atom. The molecule has 1 aromatic heterocycles. The zero-order valence-corrected chi connectivity index (χ0v) is 19.3. The normalized spacial score (nSPS) is 15.5. The first-order chi connectivity index (χ1) is 16.2. The molecule has 1 aliphatic heterocycles. The molecule has 0 unspecified atom stereocenters. The van der Waals surface area contributed by atoms with Crippen LogP contribution in [0.2, 0.25) is 0 Å². The molecule has 8 heteroatoms. The van der Waals surface area contributed by atoms with Gasteiger partial charge in [0, 0.05) is 18.8 Å². The molecular formula is C26H26N4O4. The second kappa shape index (κ2) is 9.41. The van der Waals surface area contributed by atoms with Gasteiger partial charge in [-0.25, -0.2) is 0 Å². The fraction of sp³-hybridized carbons (Fsp3) is 0.269. The van der Waals surface area contributed by atoms with E-state index in [1.54, 1.807) is 56.0 Å². The van der Waals surface area contributed by atoms with Crippen molar-refractivity contribution in [1.82, 2.24) is 15.1 Å². The van der Waals surface area contributed by atoms with Crippen LogP contribution >= 0.6 is 0 Å². The van der Waals surface area contributed by atoms with E-state index >= 15 is 0 Å². The third-order valence-corrected chi connectivity index (χ3v) is 5.23. The Hall–Kier alpha value is -4.09. The Bertz CT molecular complexity index is 1270. The lowest BCUT2D eigenvalue weighted by Gasteiger charge is -2.20. The summed E-state index contributed by atoms with van der Waals surface area (Å²) in [5, 5.41) is 16.9. The van der Waals surface area contributed by atoms with Crippen LogP contribution in [0.4, 0.5) is 5.69 Å². The maximum Gasteiger partial charge on any atom is 0.272 e. The molecule has 1 atom stereocenters. The number of aliphatic hydroxyl groups is 1. The second-order valence-electron chi connectivity index (χ2n) is 8.61. The summed E-state index contributed by atoms with van der Waals surface area (Å²) in [6.45, 7) is 3.72. The fourth-order valence-electron chi connectivity index (χ4n) is 3.48. The van der Waals surface area contributed by atoms with Crippen molar-refractivity contribution in [2.24, 2.45) is 0 Å². The van der Waals surface area contributed by atoms with Gasteiger partial charge in [-0.2, -0.15) is 5.10 Å². The van der Waals surface area contributed by atoms with E-state index in [-0.39, 0.29) is 18.2 Å². The Morgan fingerprint density at radius 1 is 1.24 bits per heavy atom. The molecule has 1 aliphatic rings.